The van der Waals surface area contributed by atoms with Crippen molar-refractivity contribution in [3.8, 4) is 5.75 Å². The summed E-state index contributed by atoms with van der Waals surface area (Å²) in [6.07, 6.45) is 0.810. The number of carbonyl (C=O) groups excluding carboxylic acids is 1. The standard InChI is InChI=1S/C16H23NO4/c1-16(2,21-13-6-4-3-5-7-13)15(18)20-10-8-14-12-17-9-11-19-14/h3-7,14,17H,8-12H2,1-2H3. The van der Waals surface area contributed by atoms with E-state index in [-0.39, 0.29) is 12.1 Å². The Hall–Kier alpha value is -1.59. The first-order valence-corrected chi connectivity index (χ1v) is 7.31. The lowest BCUT2D eigenvalue weighted by Crippen LogP contribution is -2.41. The maximum absolute atomic E-state index is 12.1. The summed E-state index contributed by atoms with van der Waals surface area (Å²) in [7, 11) is 0. The molecule has 1 aromatic carbocycles. The molecular weight excluding hydrogens is 270 g/mol. The van der Waals surface area contributed by atoms with Gasteiger partial charge in [-0.25, -0.2) is 4.79 Å². The Balaban J connectivity index is 1.75. The third kappa shape index (κ3) is 5.02. The summed E-state index contributed by atoms with van der Waals surface area (Å²) in [6, 6.07) is 9.26. The van der Waals surface area contributed by atoms with Crippen LogP contribution in [0, 0.1) is 0 Å². The van der Waals surface area contributed by atoms with Crippen molar-refractivity contribution in [2.45, 2.75) is 32.0 Å². The van der Waals surface area contributed by atoms with Crippen LogP contribution in [0.1, 0.15) is 20.3 Å². The minimum Gasteiger partial charge on any atom is -0.476 e. The van der Waals surface area contributed by atoms with E-state index in [1.165, 1.54) is 0 Å². The number of carbonyl (C=O) groups is 1. The van der Waals surface area contributed by atoms with Crippen LogP contribution in [0.15, 0.2) is 30.3 Å². The van der Waals surface area contributed by atoms with Crippen LogP contribution in [0.5, 0.6) is 5.75 Å². The number of hydrogen-bond donors (Lipinski definition) is 1. The summed E-state index contributed by atoms with van der Waals surface area (Å²) in [5, 5.41) is 3.25. The molecule has 5 nitrogen and oxygen atoms in total. The molecule has 0 radical (unpaired) electrons. The molecule has 1 fully saturated rings. The van der Waals surface area contributed by atoms with Gasteiger partial charge in [0, 0.05) is 19.5 Å². The third-order valence-electron chi connectivity index (χ3n) is 3.29. The molecule has 0 saturated carbocycles. The van der Waals surface area contributed by atoms with Crippen LogP contribution in [-0.2, 0) is 14.3 Å². The zero-order chi connectivity index (χ0) is 15.1. The van der Waals surface area contributed by atoms with Gasteiger partial charge in [0.15, 0.2) is 5.60 Å². The van der Waals surface area contributed by atoms with Crippen LogP contribution in [0.3, 0.4) is 0 Å². The molecule has 1 N–H and O–H groups in total. The molecule has 0 spiro atoms. The van der Waals surface area contributed by atoms with Crippen molar-refractivity contribution in [3.63, 3.8) is 0 Å². The number of ether oxygens (including phenoxy) is 3. The van der Waals surface area contributed by atoms with Crippen molar-refractivity contribution in [2.24, 2.45) is 0 Å². The Labute approximate surface area is 125 Å². The number of benzene rings is 1. The lowest BCUT2D eigenvalue weighted by Gasteiger charge is -2.26. The van der Waals surface area contributed by atoms with E-state index in [1.807, 2.05) is 30.3 Å². The molecule has 0 aromatic heterocycles. The van der Waals surface area contributed by atoms with Gasteiger partial charge in [-0.3, -0.25) is 0 Å². The fraction of sp³-hybridized carbons (Fsp3) is 0.562. The monoisotopic (exact) mass is 293 g/mol. The average molecular weight is 293 g/mol. The Morgan fingerprint density at radius 3 is 2.81 bits per heavy atom. The number of rotatable bonds is 6. The number of para-hydroxylation sites is 1. The Bertz CT molecular complexity index is 441. The van der Waals surface area contributed by atoms with Gasteiger partial charge in [0.25, 0.3) is 0 Å². The Morgan fingerprint density at radius 1 is 1.38 bits per heavy atom. The quantitative estimate of drug-likeness (QED) is 0.810. The molecule has 1 saturated heterocycles. The van der Waals surface area contributed by atoms with Crippen molar-refractivity contribution in [1.82, 2.24) is 5.32 Å². The van der Waals surface area contributed by atoms with Crippen molar-refractivity contribution in [2.75, 3.05) is 26.3 Å². The summed E-state index contributed by atoms with van der Waals surface area (Å²) in [4.78, 5) is 12.1. The predicted molar refractivity (Wildman–Crippen MR) is 79.3 cm³/mol. The van der Waals surface area contributed by atoms with Crippen molar-refractivity contribution >= 4 is 5.97 Å². The summed E-state index contributed by atoms with van der Waals surface area (Å²) < 4.78 is 16.6. The van der Waals surface area contributed by atoms with Gasteiger partial charge < -0.3 is 19.5 Å². The zero-order valence-electron chi connectivity index (χ0n) is 12.6. The number of nitrogens with one attached hydrogen (secondary N) is 1. The number of hydrogen-bond acceptors (Lipinski definition) is 5. The summed E-state index contributed by atoms with van der Waals surface area (Å²) in [6.45, 7) is 6.16. The molecule has 1 unspecified atom stereocenters. The highest BCUT2D eigenvalue weighted by Gasteiger charge is 2.32. The first-order valence-electron chi connectivity index (χ1n) is 7.31. The molecule has 2 rings (SSSR count). The topological polar surface area (TPSA) is 56.8 Å². The van der Waals surface area contributed by atoms with E-state index in [0.29, 0.717) is 25.4 Å². The second-order valence-corrected chi connectivity index (χ2v) is 5.55. The largest absolute Gasteiger partial charge is 0.476 e. The Kier molecular flexibility index (Phi) is 5.59. The maximum Gasteiger partial charge on any atom is 0.349 e. The van der Waals surface area contributed by atoms with Gasteiger partial charge in [-0.05, 0) is 26.0 Å². The van der Waals surface area contributed by atoms with E-state index >= 15 is 0 Å². The minimum atomic E-state index is -1.01. The van der Waals surface area contributed by atoms with E-state index < -0.39 is 5.60 Å². The SMILES string of the molecule is CC(C)(Oc1ccccc1)C(=O)OCCC1CNCCO1. The van der Waals surface area contributed by atoms with Gasteiger partial charge in [-0.15, -0.1) is 0 Å². The normalized spacial score (nSPS) is 19.0. The first-order chi connectivity index (χ1) is 10.1. The smallest absolute Gasteiger partial charge is 0.349 e. The van der Waals surface area contributed by atoms with Gasteiger partial charge in [0.1, 0.15) is 5.75 Å². The minimum absolute atomic E-state index is 0.115. The highest BCUT2D eigenvalue weighted by molar-refractivity contribution is 5.79. The fourth-order valence-electron chi connectivity index (χ4n) is 2.09. The molecule has 21 heavy (non-hydrogen) atoms. The molecule has 1 heterocycles. The van der Waals surface area contributed by atoms with Crippen molar-refractivity contribution < 1.29 is 19.0 Å². The van der Waals surface area contributed by atoms with E-state index in [0.717, 1.165) is 13.1 Å². The molecule has 1 aromatic rings. The summed E-state index contributed by atoms with van der Waals surface area (Å²) in [5.41, 5.74) is -1.01. The second kappa shape index (κ2) is 7.43. The third-order valence-corrected chi connectivity index (χ3v) is 3.29. The van der Waals surface area contributed by atoms with Crippen LogP contribution in [-0.4, -0.2) is 44.0 Å². The van der Waals surface area contributed by atoms with Gasteiger partial charge in [0.2, 0.25) is 0 Å². The van der Waals surface area contributed by atoms with Crippen LogP contribution >= 0.6 is 0 Å². The average Bonchev–Trinajstić information content (AvgIpc) is 2.49. The lowest BCUT2D eigenvalue weighted by atomic mass is 10.1. The van der Waals surface area contributed by atoms with Crippen LogP contribution in [0.2, 0.25) is 0 Å². The van der Waals surface area contributed by atoms with E-state index in [9.17, 15) is 4.79 Å². The molecule has 116 valence electrons. The van der Waals surface area contributed by atoms with Gasteiger partial charge >= 0.3 is 5.97 Å². The first kappa shape index (κ1) is 15.8. The highest BCUT2D eigenvalue weighted by atomic mass is 16.6. The van der Waals surface area contributed by atoms with Gasteiger partial charge in [0.05, 0.1) is 19.3 Å². The molecule has 0 bridgehead atoms. The fourth-order valence-corrected chi connectivity index (χ4v) is 2.09. The molecule has 0 aliphatic carbocycles. The summed E-state index contributed by atoms with van der Waals surface area (Å²) >= 11 is 0. The van der Waals surface area contributed by atoms with E-state index in [1.54, 1.807) is 13.8 Å². The molecular formula is C16H23NO4. The van der Waals surface area contributed by atoms with E-state index in [2.05, 4.69) is 5.32 Å². The number of esters is 1. The van der Waals surface area contributed by atoms with Crippen LogP contribution < -0.4 is 10.1 Å². The van der Waals surface area contributed by atoms with Crippen molar-refractivity contribution in [3.05, 3.63) is 30.3 Å². The van der Waals surface area contributed by atoms with Crippen molar-refractivity contribution in [1.29, 1.82) is 0 Å². The van der Waals surface area contributed by atoms with Gasteiger partial charge in [-0.2, -0.15) is 0 Å². The van der Waals surface area contributed by atoms with Crippen LogP contribution in [0.4, 0.5) is 0 Å². The van der Waals surface area contributed by atoms with Crippen LogP contribution in [0.25, 0.3) is 0 Å². The Morgan fingerprint density at radius 2 is 2.14 bits per heavy atom. The second-order valence-electron chi connectivity index (χ2n) is 5.55. The van der Waals surface area contributed by atoms with Gasteiger partial charge in [-0.1, -0.05) is 18.2 Å². The molecule has 1 aliphatic heterocycles. The molecule has 1 atom stereocenters. The number of morpholine rings is 1. The summed E-state index contributed by atoms with van der Waals surface area (Å²) in [5.74, 6) is 0.286. The highest BCUT2D eigenvalue weighted by Crippen LogP contribution is 2.19. The zero-order valence-corrected chi connectivity index (χ0v) is 12.6. The molecule has 0 amide bonds. The predicted octanol–water partition coefficient (Wildman–Crippen LogP) is 1.77. The van der Waals surface area contributed by atoms with E-state index in [4.69, 9.17) is 14.2 Å². The molecule has 5 heteroatoms. The lowest BCUT2D eigenvalue weighted by molar-refractivity contribution is -0.160. The molecule has 1 aliphatic rings. The maximum atomic E-state index is 12.1.